The van der Waals surface area contributed by atoms with Crippen molar-refractivity contribution in [3.8, 4) is 0 Å². The van der Waals surface area contributed by atoms with Crippen molar-refractivity contribution in [3.05, 3.63) is 40.3 Å². The Hall–Kier alpha value is -2.00. The van der Waals surface area contributed by atoms with Gasteiger partial charge in [-0.3, -0.25) is 4.79 Å². The van der Waals surface area contributed by atoms with Crippen LogP contribution < -0.4 is 0 Å². The highest BCUT2D eigenvalue weighted by molar-refractivity contribution is 5.68. The van der Waals surface area contributed by atoms with Gasteiger partial charge in [-0.05, 0) is 11.1 Å². The average molecular weight is 205 g/mol. The Morgan fingerprint density at radius 2 is 2.13 bits per heavy atom. The second-order valence-corrected chi connectivity index (χ2v) is 2.87. The Balaban J connectivity index is 2.56. The number of hydrogen-bond donors (Lipinski definition) is 0. The molecule has 1 rings (SSSR count). The molecule has 78 valence electrons. The summed E-state index contributed by atoms with van der Waals surface area (Å²) in [4.78, 5) is 13.5. The second-order valence-electron chi connectivity index (χ2n) is 2.87. The van der Waals surface area contributed by atoms with Crippen LogP contribution in [-0.4, -0.2) is 5.97 Å². The van der Waals surface area contributed by atoms with Crippen molar-refractivity contribution in [3.63, 3.8) is 0 Å². The number of ether oxygens (including phenoxy) is 1. The largest absolute Gasteiger partial charge is 0.461 e. The molecule has 0 aromatic heterocycles. The number of benzene rings is 1. The molecule has 5 heteroatoms. The van der Waals surface area contributed by atoms with Gasteiger partial charge in [0.15, 0.2) is 0 Å². The molecule has 0 atom stereocenters. The summed E-state index contributed by atoms with van der Waals surface area (Å²) in [6.45, 7) is 2.00. The minimum atomic E-state index is -0.228. The molecular weight excluding hydrogens is 194 g/mol. The van der Waals surface area contributed by atoms with Crippen molar-refractivity contribution < 1.29 is 9.53 Å². The predicted octanol–water partition coefficient (Wildman–Crippen LogP) is 3.08. The Bertz CT molecular complexity index is 380. The van der Waals surface area contributed by atoms with Crippen LogP contribution in [0.1, 0.15) is 18.9 Å². The quantitative estimate of drug-likeness (QED) is 0.328. The highest BCUT2D eigenvalue weighted by atomic mass is 16.5. The topological polar surface area (TPSA) is 75.1 Å². The van der Waals surface area contributed by atoms with Gasteiger partial charge in [-0.2, -0.15) is 0 Å². The van der Waals surface area contributed by atoms with E-state index >= 15 is 0 Å². The molecule has 0 fully saturated rings. The lowest BCUT2D eigenvalue weighted by Gasteiger charge is -2.03. The smallest absolute Gasteiger partial charge is 0.305 e. The summed E-state index contributed by atoms with van der Waals surface area (Å²) >= 11 is 0. The number of rotatable bonds is 4. The van der Waals surface area contributed by atoms with Gasteiger partial charge in [0.1, 0.15) is 6.61 Å². The van der Waals surface area contributed by atoms with Gasteiger partial charge in [0.05, 0.1) is 0 Å². The lowest BCUT2D eigenvalue weighted by atomic mass is 10.2. The van der Waals surface area contributed by atoms with E-state index < -0.39 is 0 Å². The van der Waals surface area contributed by atoms with Crippen molar-refractivity contribution >= 4 is 11.7 Å². The van der Waals surface area contributed by atoms with Crippen molar-refractivity contribution in [2.45, 2.75) is 20.0 Å². The van der Waals surface area contributed by atoms with E-state index in [1.807, 2.05) is 0 Å². The van der Waals surface area contributed by atoms with Crippen molar-refractivity contribution in [2.75, 3.05) is 0 Å². The van der Waals surface area contributed by atoms with Gasteiger partial charge in [0, 0.05) is 17.0 Å². The SMILES string of the molecule is CCC(=O)OCc1ccc(N=[N+]=[N-])cc1. The fourth-order valence-corrected chi connectivity index (χ4v) is 0.976. The van der Waals surface area contributed by atoms with Crippen LogP contribution in [0, 0.1) is 0 Å². The summed E-state index contributed by atoms with van der Waals surface area (Å²) in [5.74, 6) is -0.228. The van der Waals surface area contributed by atoms with Gasteiger partial charge >= 0.3 is 5.97 Å². The highest BCUT2D eigenvalue weighted by Crippen LogP contribution is 2.13. The molecule has 5 nitrogen and oxygen atoms in total. The lowest BCUT2D eigenvalue weighted by Crippen LogP contribution is -2.01. The molecule has 0 aliphatic carbocycles. The molecule has 0 saturated carbocycles. The minimum Gasteiger partial charge on any atom is -0.461 e. The molecule has 15 heavy (non-hydrogen) atoms. The van der Waals surface area contributed by atoms with Gasteiger partial charge in [0.2, 0.25) is 0 Å². The Labute approximate surface area is 87.3 Å². The maximum absolute atomic E-state index is 10.9. The number of hydrogen-bond acceptors (Lipinski definition) is 3. The molecule has 0 radical (unpaired) electrons. The van der Waals surface area contributed by atoms with E-state index in [-0.39, 0.29) is 12.6 Å². The molecule has 0 bridgehead atoms. The molecule has 1 aromatic carbocycles. The number of azide groups is 1. The van der Waals surface area contributed by atoms with E-state index in [2.05, 4.69) is 10.0 Å². The molecule has 1 aromatic rings. The van der Waals surface area contributed by atoms with Gasteiger partial charge in [-0.1, -0.05) is 36.3 Å². The Kier molecular flexibility index (Phi) is 4.19. The van der Waals surface area contributed by atoms with Crippen molar-refractivity contribution in [1.29, 1.82) is 0 Å². The van der Waals surface area contributed by atoms with Crippen molar-refractivity contribution in [1.82, 2.24) is 0 Å². The van der Waals surface area contributed by atoms with Gasteiger partial charge in [0.25, 0.3) is 0 Å². The van der Waals surface area contributed by atoms with Crippen LogP contribution in [-0.2, 0) is 16.1 Å². The van der Waals surface area contributed by atoms with Gasteiger partial charge in [-0.25, -0.2) is 0 Å². The summed E-state index contributed by atoms with van der Waals surface area (Å²) in [5.41, 5.74) is 9.60. The molecule has 0 aliphatic rings. The van der Waals surface area contributed by atoms with E-state index in [9.17, 15) is 4.79 Å². The normalized spacial score (nSPS) is 9.13. The standard InChI is InChI=1S/C10H11N3O2/c1-2-10(14)15-7-8-3-5-9(6-4-8)12-13-11/h3-6H,2,7H2,1H3. The van der Waals surface area contributed by atoms with E-state index in [0.29, 0.717) is 12.1 Å². The minimum absolute atomic E-state index is 0.228. The molecular formula is C10H11N3O2. The van der Waals surface area contributed by atoms with Crippen LogP contribution in [0.15, 0.2) is 29.4 Å². The number of esters is 1. The predicted molar refractivity (Wildman–Crippen MR) is 55.3 cm³/mol. The average Bonchev–Trinajstić information content (AvgIpc) is 2.28. The number of carbonyl (C=O) groups is 1. The molecule has 0 spiro atoms. The monoisotopic (exact) mass is 205 g/mol. The Morgan fingerprint density at radius 1 is 1.47 bits per heavy atom. The molecule has 0 unspecified atom stereocenters. The van der Waals surface area contributed by atoms with E-state index in [0.717, 1.165) is 5.56 Å². The van der Waals surface area contributed by atoms with Crippen LogP contribution in [0.2, 0.25) is 0 Å². The summed E-state index contributed by atoms with van der Waals surface area (Å²) in [5, 5.41) is 3.43. The molecule has 0 N–H and O–H groups in total. The number of carbonyl (C=O) groups excluding carboxylic acids is 1. The summed E-state index contributed by atoms with van der Waals surface area (Å²) in [6.07, 6.45) is 0.372. The van der Waals surface area contributed by atoms with Crippen LogP contribution in [0.4, 0.5) is 5.69 Å². The maximum Gasteiger partial charge on any atom is 0.305 e. The first-order valence-electron chi connectivity index (χ1n) is 4.56. The zero-order chi connectivity index (χ0) is 11.1. The van der Waals surface area contributed by atoms with E-state index in [1.165, 1.54) is 0 Å². The zero-order valence-electron chi connectivity index (χ0n) is 8.38. The maximum atomic E-state index is 10.9. The first kappa shape index (κ1) is 11.1. The second kappa shape index (κ2) is 5.67. The van der Waals surface area contributed by atoms with Crippen molar-refractivity contribution in [2.24, 2.45) is 5.11 Å². The summed E-state index contributed by atoms with van der Waals surface area (Å²) in [7, 11) is 0. The van der Waals surface area contributed by atoms with Crippen LogP contribution >= 0.6 is 0 Å². The van der Waals surface area contributed by atoms with Gasteiger partial charge < -0.3 is 4.74 Å². The lowest BCUT2D eigenvalue weighted by molar-refractivity contribution is -0.144. The molecule has 0 aliphatic heterocycles. The van der Waals surface area contributed by atoms with E-state index in [1.54, 1.807) is 31.2 Å². The third-order valence-corrected chi connectivity index (χ3v) is 1.79. The summed E-state index contributed by atoms with van der Waals surface area (Å²) < 4.78 is 4.93. The fourth-order valence-electron chi connectivity index (χ4n) is 0.976. The Morgan fingerprint density at radius 3 is 2.67 bits per heavy atom. The van der Waals surface area contributed by atoms with Crippen LogP contribution in [0.3, 0.4) is 0 Å². The number of nitrogens with zero attached hydrogens (tertiary/aromatic N) is 3. The first-order chi connectivity index (χ1) is 7.26. The molecule has 0 saturated heterocycles. The summed E-state index contributed by atoms with van der Waals surface area (Å²) in [6, 6.07) is 6.86. The molecule has 0 amide bonds. The van der Waals surface area contributed by atoms with E-state index in [4.69, 9.17) is 10.3 Å². The highest BCUT2D eigenvalue weighted by Gasteiger charge is 1.99. The third-order valence-electron chi connectivity index (χ3n) is 1.79. The first-order valence-corrected chi connectivity index (χ1v) is 4.56. The van der Waals surface area contributed by atoms with Gasteiger partial charge in [-0.15, -0.1) is 0 Å². The third kappa shape index (κ3) is 3.70. The fraction of sp³-hybridized carbons (Fsp3) is 0.300. The zero-order valence-corrected chi connectivity index (χ0v) is 8.38. The van der Waals surface area contributed by atoms with Crippen LogP contribution in [0.5, 0.6) is 0 Å². The van der Waals surface area contributed by atoms with Crippen LogP contribution in [0.25, 0.3) is 10.4 Å². The molecule has 0 heterocycles.